The van der Waals surface area contributed by atoms with Gasteiger partial charge < -0.3 is 10.2 Å². The Bertz CT molecular complexity index is 602. The summed E-state index contributed by atoms with van der Waals surface area (Å²) in [5.41, 5.74) is 3.81. The molecule has 4 N–H and O–H groups in total. The first-order valence-corrected chi connectivity index (χ1v) is 12.1. The third-order valence-electron chi connectivity index (χ3n) is 8.50. The summed E-state index contributed by atoms with van der Waals surface area (Å²) in [7, 11) is 4.23. The van der Waals surface area contributed by atoms with Crippen LogP contribution in [-0.4, -0.2) is 79.4 Å². The molecule has 5 aliphatic rings. The van der Waals surface area contributed by atoms with Crippen molar-refractivity contribution in [3.8, 4) is 0 Å². The predicted octanol–water partition coefficient (Wildman–Crippen LogP) is 0.630. The standard InChI is InChI=1S/C22H40N6O/c1-27-11-5-9-19-21-15(6-3-8-17(21)26-28(19)2)16-7-4-10-20(25-16)24-14-12-18(22(27)29)23-13-14/h14-21,23-26H,3-13H2,1-2H3/t14-,15?,16?,17?,18-,19?,20?,21?/m0/s1. The van der Waals surface area contributed by atoms with Gasteiger partial charge in [-0.25, -0.2) is 5.01 Å². The van der Waals surface area contributed by atoms with E-state index in [1.54, 1.807) is 0 Å². The molecule has 8 atom stereocenters. The number of hydrogen-bond acceptors (Lipinski definition) is 6. The molecule has 0 aromatic heterocycles. The van der Waals surface area contributed by atoms with Crippen LogP contribution in [0.25, 0.3) is 0 Å². The van der Waals surface area contributed by atoms with Crippen LogP contribution < -0.4 is 21.4 Å². The van der Waals surface area contributed by atoms with Crippen molar-refractivity contribution in [2.75, 3.05) is 27.2 Å². The van der Waals surface area contributed by atoms with Crippen LogP contribution in [0.3, 0.4) is 0 Å². The van der Waals surface area contributed by atoms with E-state index >= 15 is 0 Å². The van der Waals surface area contributed by atoms with Gasteiger partial charge in [0, 0.05) is 51.4 Å². The SMILES string of the molecule is CN1CCCC2C3C(CCCC3C3CCCC(N3)N[C@@H]3CN[C@@H](C3)C1=O)NN2C. The lowest BCUT2D eigenvalue weighted by atomic mass is 9.68. The number of fused-ring (bicyclic) bond motifs is 5. The van der Waals surface area contributed by atoms with Gasteiger partial charge in [-0.1, -0.05) is 6.42 Å². The van der Waals surface area contributed by atoms with Crippen LogP contribution in [0.5, 0.6) is 0 Å². The van der Waals surface area contributed by atoms with Gasteiger partial charge in [-0.05, 0) is 63.2 Å². The number of hydrazine groups is 1. The molecule has 7 nitrogen and oxygen atoms in total. The van der Waals surface area contributed by atoms with Gasteiger partial charge in [0.05, 0.1) is 12.2 Å². The van der Waals surface area contributed by atoms with Crippen LogP contribution in [0.2, 0.25) is 0 Å². The summed E-state index contributed by atoms with van der Waals surface area (Å²) in [6.07, 6.45) is 11.4. The molecule has 29 heavy (non-hydrogen) atoms. The number of rotatable bonds is 0. The van der Waals surface area contributed by atoms with Gasteiger partial charge in [-0.2, -0.15) is 0 Å². The lowest BCUT2D eigenvalue weighted by molar-refractivity contribution is -0.131. The van der Waals surface area contributed by atoms with E-state index in [4.69, 9.17) is 0 Å². The lowest BCUT2D eigenvalue weighted by Crippen LogP contribution is -2.58. The highest BCUT2D eigenvalue weighted by Crippen LogP contribution is 2.42. The molecule has 1 amide bonds. The van der Waals surface area contributed by atoms with Gasteiger partial charge in [0.15, 0.2) is 0 Å². The van der Waals surface area contributed by atoms with Gasteiger partial charge in [-0.3, -0.25) is 20.9 Å². The highest BCUT2D eigenvalue weighted by atomic mass is 16.2. The van der Waals surface area contributed by atoms with Crippen molar-refractivity contribution >= 4 is 5.91 Å². The number of nitrogens with one attached hydrogen (secondary N) is 4. The Hall–Kier alpha value is -0.730. The molecule has 1 aliphatic carbocycles. The number of likely N-dealkylation sites (N-methyl/N-ethyl adjacent to an activating group) is 1. The van der Waals surface area contributed by atoms with Gasteiger partial charge in [0.2, 0.25) is 5.91 Å². The molecule has 0 aromatic rings. The molecular formula is C22H40N6O. The van der Waals surface area contributed by atoms with E-state index in [0.717, 1.165) is 37.8 Å². The van der Waals surface area contributed by atoms with Gasteiger partial charge in [0.25, 0.3) is 0 Å². The minimum absolute atomic E-state index is 0.0233. The number of carbonyl (C=O) groups excluding carboxylic acids is 1. The maximum atomic E-state index is 12.9. The Labute approximate surface area is 175 Å². The highest BCUT2D eigenvalue weighted by molar-refractivity contribution is 5.82. The Morgan fingerprint density at radius 3 is 2.66 bits per heavy atom. The monoisotopic (exact) mass is 404 g/mol. The summed E-state index contributed by atoms with van der Waals surface area (Å²) in [6, 6.07) is 2.22. The Balaban J connectivity index is 1.39. The molecule has 5 rings (SSSR count). The minimum atomic E-state index is -0.0233. The van der Waals surface area contributed by atoms with Crippen LogP contribution in [-0.2, 0) is 4.79 Å². The van der Waals surface area contributed by atoms with E-state index in [1.165, 1.54) is 44.9 Å². The number of nitrogens with zero attached hydrogens (tertiary/aromatic N) is 2. The Kier molecular flexibility index (Phi) is 5.86. The van der Waals surface area contributed by atoms with E-state index in [-0.39, 0.29) is 11.9 Å². The molecule has 4 saturated heterocycles. The zero-order valence-electron chi connectivity index (χ0n) is 18.2. The second-order valence-electron chi connectivity index (χ2n) is 10.3. The zero-order valence-corrected chi connectivity index (χ0v) is 18.2. The molecule has 1 saturated carbocycles. The summed E-state index contributed by atoms with van der Waals surface area (Å²) in [4.78, 5) is 14.9. The first-order valence-electron chi connectivity index (χ1n) is 12.1. The van der Waals surface area contributed by atoms with Crippen molar-refractivity contribution < 1.29 is 4.79 Å². The van der Waals surface area contributed by atoms with Crippen molar-refractivity contribution in [1.29, 1.82) is 0 Å². The fourth-order valence-corrected chi connectivity index (χ4v) is 7.12. The van der Waals surface area contributed by atoms with E-state index in [2.05, 4.69) is 33.4 Å². The molecule has 4 heterocycles. The normalized spacial score (nSPS) is 46.8. The van der Waals surface area contributed by atoms with Crippen LogP contribution in [0.15, 0.2) is 0 Å². The average Bonchev–Trinajstić information content (AvgIpc) is 3.31. The lowest BCUT2D eigenvalue weighted by Gasteiger charge is -2.44. The molecule has 0 radical (unpaired) electrons. The van der Waals surface area contributed by atoms with E-state index < -0.39 is 0 Å². The summed E-state index contributed by atoms with van der Waals surface area (Å²) in [5, 5.41) is 13.8. The molecule has 0 aromatic carbocycles. The molecule has 4 aliphatic heterocycles. The van der Waals surface area contributed by atoms with Crippen molar-refractivity contribution in [3.63, 3.8) is 0 Å². The smallest absolute Gasteiger partial charge is 0.239 e. The molecule has 164 valence electrons. The maximum Gasteiger partial charge on any atom is 0.239 e. The molecule has 4 bridgehead atoms. The average molecular weight is 405 g/mol. The topological polar surface area (TPSA) is 71.7 Å². The zero-order chi connectivity index (χ0) is 20.0. The second kappa shape index (κ2) is 8.42. The highest BCUT2D eigenvalue weighted by Gasteiger charge is 2.48. The summed E-state index contributed by atoms with van der Waals surface area (Å²) in [6.45, 7) is 1.77. The van der Waals surface area contributed by atoms with E-state index in [1.807, 2.05) is 11.9 Å². The van der Waals surface area contributed by atoms with Gasteiger partial charge in [-0.15, -0.1) is 0 Å². The minimum Gasteiger partial charge on any atom is -0.344 e. The molecule has 6 unspecified atom stereocenters. The number of carbonyl (C=O) groups is 1. The van der Waals surface area contributed by atoms with E-state index in [9.17, 15) is 4.79 Å². The number of amides is 1. The number of hydrogen-bond donors (Lipinski definition) is 4. The van der Waals surface area contributed by atoms with Crippen molar-refractivity contribution in [1.82, 2.24) is 31.3 Å². The fraction of sp³-hybridized carbons (Fsp3) is 0.955. The summed E-state index contributed by atoms with van der Waals surface area (Å²) in [5.74, 6) is 1.76. The van der Waals surface area contributed by atoms with Crippen LogP contribution in [0.1, 0.15) is 57.8 Å². The third kappa shape index (κ3) is 3.97. The first kappa shape index (κ1) is 20.2. The third-order valence-corrected chi connectivity index (χ3v) is 8.50. The predicted molar refractivity (Wildman–Crippen MR) is 114 cm³/mol. The fourth-order valence-electron chi connectivity index (χ4n) is 7.12. The summed E-state index contributed by atoms with van der Waals surface area (Å²) >= 11 is 0. The van der Waals surface area contributed by atoms with Crippen LogP contribution in [0, 0.1) is 11.8 Å². The molecule has 5 fully saturated rings. The van der Waals surface area contributed by atoms with Crippen LogP contribution in [0.4, 0.5) is 0 Å². The van der Waals surface area contributed by atoms with Gasteiger partial charge in [0.1, 0.15) is 0 Å². The second-order valence-corrected chi connectivity index (χ2v) is 10.3. The largest absolute Gasteiger partial charge is 0.344 e. The van der Waals surface area contributed by atoms with E-state index in [0.29, 0.717) is 30.3 Å². The molecular weight excluding hydrogens is 364 g/mol. The quantitative estimate of drug-likeness (QED) is 0.475. The molecule has 7 heteroatoms. The maximum absolute atomic E-state index is 12.9. The number of piperidine rings is 1. The first-order chi connectivity index (χ1) is 14.1. The molecule has 0 spiro atoms. The Morgan fingerprint density at radius 2 is 1.76 bits per heavy atom. The van der Waals surface area contributed by atoms with Gasteiger partial charge >= 0.3 is 0 Å². The van der Waals surface area contributed by atoms with Crippen molar-refractivity contribution in [2.45, 2.75) is 94.2 Å². The summed E-state index contributed by atoms with van der Waals surface area (Å²) < 4.78 is 0. The van der Waals surface area contributed by atoms with Crippen LogP contribution >= 0.6 is 0 Å². The van der Waals surface area contributed by atoms with Crippen molar-refractivity contribution in [3.05, 3.63) is 0 Å². The van der Waals surface area contributed by atoms with Crippen molar-refractivity contribution in [2.24, 2.45) is 11.8 Å². The Morgan fingerprint density at radius 1 is 0.931 bits per heavy atom.